The van der Waals surface area contributed by atoms with Crippen LogP contribution < -0.4 is 10.9 Å². The molecule has 31 heavy (non-hydrogen) atoms. The van der Waals surface area contributed by atoms with Crippen LogP contribution in [0, 0.1) is 5.92 Å². The summed E-state index contributed by atoms with van der Waals surface area (Å²) in [6.45, 7) is 9.96. The van der Waals surface area contributed by atoms with Crippen LogP contribution in [0.5, 0.6) is 0 Å². The molecule has 7 nitrogen and oxygen atoms in total. The number of benzene rings is 1. The molecule has 0 saturated heterocycles. The van der Waals surface area contributed by atoms with Gasteiger partial charge in [-0.3, -0.25) is 9.59 Å². The molecule has 0 spiro atoms. The summed E-state index contributed by atoms with van der Waals surface area (Å²) < 4.78 is 6.36. The largest absolute Gasteiger partial charge is 0.461 e. The molecule has 0 unspecified atom stereocenters. The highest BCUT2D eigenvalue weighted by atomic mass is 32.1. The summed E-state index contributed by atoms with van der Waals surface area (Å²) in [6.07, 6.45) is 0.333. The number of aromatic nitrogens is 2. The fourth-order valence-corrected chi connectivity index (χ4v) is 4.17. The molecule has 0 bridgehead atoms. The highest BCUT2D eigenvalue weighted by molar-refractivity contribution is 7.16. The SMILES string of the molecule is CCOC(=O)c1nn(-c2ccc(C(C)C)cc2)c(=O)c2c(NC(=O)CC(C)C)scc12. The second-order valence-electron chi connectivity index (χ2n) is 8.03. The van der Waals surface area contributed by atoms with Crippen LogP contribution in [-0.2, 0) is 9.53 Å². The Hall–Kier alpha value is -3.00. The molecule has 164 valence electrons. The van der Waals surface area contributed by atoms with E-state index in [-0.39, 0.29) is 29.5 Å². The van der Waals surface area contributed by atoms with Gasteiger partial charge in [0.2, 0.25) is 5.91 Å². The molecule has 3 rings (SSSR count). The third-order valence-electron chi connectivity index (χ3n) is 4.77. The van der Waals surface area contributed by atoms with E-state index >= 15 is 0 Å². The Morgan fingerprint density at radius 1 is 1.16 bits per heavy atom. The maximum Gasteiger partial charge on any atom is 0.359 e. The van der Waals surface area contributed by atoms with E-state index in [4.69, 9.17) is 4.74 Å². The van der Waals surface area contributed by atoms with Crippen molar-refractivity contribution < 1.29 is 14.3 Å². The molecule has 0 radical (unpaired) electrons. The predicted octanol–water partition coefficient (Wildman–Crippen LogP) is 4.73. The first kappa shape index (κ1) is 22.7. The number of esters is 1. The lowest BCUT2D eigenvalue weighted by Crippen LogP contribution is -2.25. The maximum atomic E-state index is 13.4. The Labute approximate surface area is 185 Å². The number of thiophene rings is 1. The Morgan fingerprint density at radius 2 is 1.84 bits per heavy atom. The topological polar surface area (TPSA) is 90.3 Å². The molecule has 3 aromatic rings. The molecular weight excluding hydrogens is 414 g/mol. The van der Waals surface area contributed by atoms with Crippen LogP contribution >= 0.6 is 11.3 Å². The van der Waals surface area contributed by atoms with Crippen molar-refractivity contribution in [3.63, 3.8) is 0 Å². The number of carbonyl (C=O) groups excluding carboxylic acids is 2. The van der Waals surface area contributed by atoms with Gasteiger partial charge in [-0.1, -0.05) is 39.8 Å². The van der Waals surface area contributed by atoms with E-state index in [1.54, 1.807) is 24.4 Å². The van der Waals surface area contributed by atoms with Crippen molar-refractivity contribution in [2.45, 2.75) is 47.0 Å². The van der Waals surface area contributed by atoms with Crippen molar-refractivity contribution in [1.82, 2.24) is 9.78 Å². The summed E-state index contributed by atoms with van der Waals surface area (Å²) in [4.78, 5) is 38.3. The molecule has 0 atom stereocenters. The zero-order chi connectivity index (χ0) is 22.7. The third-order valence-corrected chi connectivity index (χ3v) is 5.67. The van der Waals surface area contributed by atoms with Crippen LogP contribution in [0.3, 0.4) is 0 Å². The maximum absolute atomic E-state index is 13.4. The van der Waals surface area contributed by atoms with Gasteiger partial charge >= 0.3 is 5.97 Å². The number of ether oxygens (including phenoxy) is 1. The lowest BCUT2D eigenvalue weighted by molar-refractivity contribution is -0.116. The highest BCUT2D eigenvalue weighted by Crippen LogP contribution is 2.31. The standard InChI is InChI=1S/C23H27N3O4S/c1-6-30-23(29)20-17-12-31-21(24-18(27)11-13(2)3)19(17)22(28)26(25-20)16-9-7-15(8-10-16)14(4)5/h7-10,12-14H,6,11H2,1-5H3,(H,24,27). The smallest absolute Gasteiger partial charge is 0.359 e. The molecule has 0 saturated carbocycles. The first-order valence-corrected chi connectivity index (χ1v) is 11.2. The zero-order valence-corrected chi connectivity index (χ0v) is 19.2. The Kier molecular flexibility index (Phi) is 6.90. The van der Waals surface area contributed by atoms with Crippen molar-refractivity contribution in [3.05, 3.63) is 51.3 Å². The van der Waals surface area contributed by atoms with Gasteiger partial charge in [0, 0.05) is 17.2 Å². The number of fused-ring (bicyclic) bond motifs is 1. The quantitative estimate of drug-likeness (QED) is 0.535. The summed E-state index contributed by atoms with van der Waals surface area (Å²) in [5, 5.41) is 9.86. The molecule has 8 heteroatoms. The number of hydrogen-bond donors (Lipinski definition) is 1. The minimum absolute atomic E-state index is 0.0463. The van der Waals surface area contributed by atoms with Crippen LogP contribution in [-0.4, -0.2) is 28.3 Å². The number of anilines is 1. The van der Waals surface area contributed by atoms with Gasteiger partial charge < -0.3 is 10.1 Å². The van der Waals surface area contributed by atoms with Gasteiger partial charge in [-0.25, -0.2) is 4.79 Å². The van der Waals surface area contributed by atoms with Crippen LogP contribution in [0.1, 0.15) is 63.0 Å². The van der Waals surface area contributed by atoms with Gasteiger partial charge in [-0.2, -0.15) is 9.78 Å². The van der Waals surface area contributed by atoms with E-state index in [0.717, 1.165) is 5.56 Å². The fraction of sp³-hybridized carbons (Fsp3) is 0.391. The number of nitrogens with one attached hydrogen (secondary N) is 1. The average Bonchev–Trinajstić information content (AvgIpc) is 3.12. The molecular formula is C23H27N3O4S. The molecule has 1 aromatic carbocycles. The van der Waals surface area contributed by atoms with E-state index in [0.29, 0.717) is 28.4 Å². The number of amides is 1. The lowest BCUT2D eigenvalue weighted by Gasteiger charge is -2.11. The molecule has 0 aliphatic heterocycles. The van der Waals surface area contributed by atoms with Crippen molar-refractivity contribution >= 4 is 39.0 Å². The number of carbonyl (C=O) groups is 2. The molecule has 0 aliphatic rings. The Balaban J connectivity index is 2.19. The minimum atomic E-state index is -0.613. The van der Waals surface area contributed by atoms with Gasteiger partial charge in [0.15, 0.2) is 5.69 Å². The lowest BCUT2D eigenvalue weighted by atomic mass is 10.0. The van der Waals surface area contributed by atoms with Crippen molar-refractivity contribution in [2.24, 2.45) is 5.92 Å². The molecule has 0 fully saturated rings. The number of hydrogen-bond acceptors (Lipinski definition) is 6. The van der Waals surface area contributed by atoms with Crippen molar-refractivity contribution in [1.29, 1.82) is 0 Å². The first-order valence-electron chi connectivity index (χ1n) is 10.3. The van der Waals surface area contributed by atoms with Crippen molar-refractivity contribution in [3.8, 4) is 5.69 Å². The first-order chi connectivity index (χ1) is 14.7. The zero-order valence-electron chi connectivity index (χ0n) is 18.4. The predicted molar refractivity (Wildman–Crippen MR) is 123 cm³/mol. The summed E-state index contributed by atoms with van der Waals surface area (Å²) >= 11 is 1.20. The van der Waals surface area contributed by atoms with Crippen LogP contribution in [0.4, 0.5) is 5.00 Å². The molecule has 2 aromatic heterocycles. The van der Waals surface area contributed by atoms with Gasteiger partial charge in [-0.15, -0.1) is 11.3 Å². The Morgan fingerprint density at radius 3 is 2.42 bits per heavy atom. The summed E-state index contributed by atoms with van der Waals surface area (Å²) in [6, 6.07) is 7.46. The fourth-order valence-electron chi connectivity index (χ4n) is 3.22. The van der Waals surface area contributed by atoms with E-state index in [2.05, 4.69) is 24.3 Å². The second kappa shape index (κ2) is 9.43. The highest BCUT2D eigenvalue weighted by Gasteiger charge is 2.23. The molecule has 2 heterocycles. The molecule has 0 aliphatic carbocycles. The van der Waals surface area contributed by atoms with Gasteiger partial charge in [0.1, 0.15) is 5.00 Å². The van der Waals surface area contributed by atoms with E-state index in [1.165, 1.54) is 16.0 Å². The van der Waals surface area contributed by atoms with E-state index in [9.17, 15) is 14.4 Å². The summed E-state index contributed by atoms with van der Waals surface area (Å²) in [5.74, 6) is -0.270. The molecule has 1 amide bonds. The van der Waals surface area contributed by atoms with E-state index < -0.39 is 11.5 Å². The van der Waals surface area contributed by atoms with Gasteiger partial charge in [-0.05, 0) is 36.5 Å². The van der Waals surface area contributed by atoms with Gasteiger partial charge in [0.05, 0.1) is 17.7 Å². The number of nitrogens with zero attached hydrogens (tertiary/aromatic N) is 2. The monoisotopic (exact) mass is 441 g/mol. The van der Waals surface area contributed by atoms with Crippen molar-refractivity contribution in [2.75, 3.05) is 11.9 Å². The summed E-state index contributed by atoms with van der Waals surface area (Å²) in [7, 11) is 0. The van der Waals surface area contributed by atoms with Crippen LogP contribution in [0.2, 0.25) is 0 Å². The normalized spacial score (nSPS) is 11.3. The van der Waals surface area contributed by atoms with Crippen LogP contribution in [0.15, 0.2) is 34.4 Å². The van der Waals surface area contributed by atoms with Crippen LogP contribution in [0.25, 0.3) is 16.5 Å². The van der Waals surface area contributed by atoms with Gasteiger partial charge in [0.25, 0.3) is 5.56 Å². The second-order valence-corrected chi connectivity index (χ2v) is 8.91. The summed E-state index contributed by atoms with van der Waals surface area (Å²) in [5.41, 5.74) is 1.31. The minimum Gasteiger partial charge on any atom is -0.461 e. The number of rotatable bonds is 7. The third kappa shape index (κ3) is 4.85. The Bertz CT molecular complexity index is 1160. The molecule has 1 N–H and O–H groups in total. The van der Waals surface area contributed by atoms with E-state index in [1.807, 2.05) is 26.0 Å². The average molecular weight is 442 g/mol.